The van der Waals surface area contributed by atoms with Crippen LogP contribution in [0.1, 0.15) is 31.2 Å². The molecule has 1 saturated carbocycles. The fourth-order valence-electron chi connectivity index (χ4n) is 3.00. The van der Waals surface area contributed by atoms with Gasteiger partial charge in [0.05, 0.1) is 12.1 Å². The van der Waals surface area contributed by atoms with E-state index in [2.05, 4.69) is 15.4 Å². The lowest BCUT2D eigenvalue weighted by Crippen LogP contribution is -2.45. The lowest BCUT2D eigenvalue weighted by atomic mass is 10.1. The maximum absolute atomic E-state index is 12.5. The largest absolute Gasteiger partial charge is 0.573 e. The van der Waals surface area contributed by atoms with Crippen LogP contribution in [0.25, 0.3) is 0 Å². The van der Waals surface area contributed by atoms with Gasteiger partial charge in [-0.3, -0.25) is 0 Å². The molecular formula is C16H19F3N2O3. The van der Waals surface area contributed by atoms with E-state index in [-0.39, 0.29) is 35.9 Å². The third-order valence-corrected chi connectivity index (χ3v) is 4.34. The van der Waals surface area contributed by atoms with Crippen LogP contribution in [0, 0.1) is 0 Å². The molecule has 2 amide bonds. The minimum Gasteiger partial charge on any atom is -0.405 e. The molecule has 1 saturated heterocycles. The molecule has 0 spiro atoms. The van der Waals surface area contributed by atoms with Crippen LogP contribution < -0.4 is 15.4 Å². The second-order valence-corrected chi connectivity index (χ2v) is 6.12. The zero-order valence-electron chi connectivity index (χ0n) is 13.1. The first-order valence-corrected chi connectivity index (χ1v) is 7.87. The monoisotopic (exact) mass is 344 g/mol. The normalized spacial score (nSPS) is 29.2. The van der Waals surface area contributed by atoms with Crippen molar-refractivity contribution in [2.45, 2.75) is 50.2 Å². The molecule has 2 fully saturated rings. The summed E-state index contributed by atoms with van der Waals surface area (Å²) in [6.07, 6.45) is -3.43. The Kier molecular flexibility index (Phi) is 4.58. The Morgan fingerprint density at radius 2 is 1.96 bits per heavy atom. The van der Waals surface area contributed by atoms with E-state index >= 15 is 0 Å². The second kappa shape index (κ2) is 6.51. The van der Waals surface area contributed by atoms with Crippen LogP contribution in [-0.4, -0.2) is 37.2 Å². The third kappa shape index (κ3) is 4.11. The molecule has 4 atom stereocenters. The van der Waals surface area contributed by atoms with E-state index in [0.717, 1.165) is 6.42 Å². The summed E-state index contributed by atoms with van der Waals surface area (Å²) < 4.78 is 46.8. The van der Waals surface area contributed by atoms with Crippen molar-refractivity contribution in [3.05, 3.63) is 29.8 Å². The van der Waals surface area contributed by atoms with Crippen LogP contribution in [-0.2, 0) is 4.74 Å². The van der Waals surface area contributed by atoms with Crippen molar-refractivity contribution in [2.75, 3.05) is 6.61 Å². The second-order valence-electron chi connectivity index (χ2n) is 6.12. The average Bonchev–Trinajstić information content (AvgIpc) is 3.12. The quantitative estimate of drug-likeness (QED) is 0.883. The van der Waals surface area contributed by atoms with Gasteiger partial charge in [-0.05, 0) is 31.4 Å². The maximum Gasteiger partial charge on any atom is 0.573 e. The van der Waals surface area contributed by atoms with E-state index in [0.29, 0.717) is 18.6 Å². The van der Waals surface area contributed by atoms with Crippen molar-refractivity contribution in [3.8, 4) is 5.75 Å². The summed E-state index contributed by atoms with van der Waals surface area (Å²) in [5, 5.41) is 5.64. The standard InChI is InChI=1S/C16H19F3N2O3/c1-9-12(6-7-23-9)20-15(22)21-13-8-11(13)10-4-2-3-5-14(10)24-16(17,18)19/h2-5,9,11-13H,6-8H2,1H3,(H2,20,21,22)/t9-,11-,12-,13-/m0/s1. The van der Waals surface area contributed by atoms with Crippen LogP contribution in [0.15, 0.2) is 24.3 Å². The van der Waals surface area contributed by atoms with Gasteiger partial charge in [0.25, 0.3) is 0 Å². The molecule has 1 aromatic rings. The first-order chi connectivity index (χ1) is 11.3. The fraction of sp³-hybridized carbons (Fsp3) is 0.562. The Morgan fingerprint density at radius 1 is 1.25 bits per heavy atom. The summed E-state index contributed by atoms with van der Waals surface area (Å²) in [5.41, 5.74) is 0.456. The number of hydrogen-bond acceptors (Lipinski definition) is 3. The van der Waals surface area contributed by atoms with Crippen molar-refractivity contribution in [1.82, 2.24) is 10.6 Å². The topological polar surface area (TPSA) is 59.6 Å². The van der Waals surface area contributed by atoms with Gasteiger partial charge in [0, 0.05) is 18.6 Å². The smallest absolute Gasteiger partial charge is 0.405 e. The van der Waals surface area contributed by atoms with E-state index in [4.69, 9.17) is 4.74 Å². The highest BCUT2D eigenvalue weighted by Crippen LogP contribution is 2.45. The molecule has 5 nitrogen and oxygen atoms in total. The zero-order chi connectivity index (χ0) is 17.3. The van der Waals surface area contributed by atoms with Crippen molar-refractivity contribution >= 4 is 6.03 Å². The van der Waals surface area contributed by atoms with Gasteiger partial charge in [-0.2, -0.15) is 0 Å². The first kappa shape index (κ1) is 16.9. The summed E-state index contributed by atoms with van der Waals surface area (Å²) in [7, 11) is 0. The van der Waals surface area contributed by atoms with E-state index in [1.165, 1.54) is 12.1 Å². The van der Waals surface area contributed by atoms with Crippen LogP contribution in [0.4, 0.5) is 18.0 Å². The molecule has 1 heterocycles. The Labute approximate surface area is 137 Å². The van der Waals surface area contributed by atoms with E-state index < -0.39 is 6.36 Å². The summed E-state index contributed by atoms with van der Waals surface area (Å²) in [6.45, 7) is 2.50. The number of benzene rings is 1. The highest BCUT2D eigenvalue weighted by molar-refractivity contribution is 5.75. The molecule has 0 aromatic heterocycles. The van der Waals surface area contributed by atoms with E-state index in [1.807, 2.05) is 6.92 Å². The lowest BCUT2D eigenvalue weighted by molar-refractivity contribution is -0.274. The van der Waals surface area contributed by atoms with Gasteiger partial charge in [0.15, 0.2) is 0 Å². The SMILES string of the molecule is C[C@@H]1OCC[C@@H]1NC(=O)N[C@H]1C[C@H]1c1ccccc1OC(F)(F)F. The number of urea groups is 1. The molecule has 1 aliphatic carbocycles. The minimum absolute atomic E-state index is 0.0355. The van der Waals surface area contributed by atoms with Crippen LogP contribution in [0.5, 0.6) is 5.75 Å². The van der Waals surface area contributed by atoms with Crippen LogP contribution in [0.2, 0.25) is 0 Å². The molecule has 0 radical (unpaired) electrons. The number of halogens is 3. The highest BCUT2D eigenvalue weighted by Gasteiger charge is 2.43. The molecule has 3 rings (SSSR count). The number of carbonyl (C=O) groups is 1. The summed E-state index contributed by atoms with van der Waals surface area (Å²) in [5.74, 6) is -0.385. The number of amides is 2. The Hall–Kier alpha value is -1.96. The van der Waals surface area contributed by atoms with Crippen molar-refractivity contribution in [1.29, 1.82) is 0 Å². The first-order valence-electron chi connectivity index (χ1n) is 7.87. The van der Waals surface area contributed by atoms with Gasteiger partial charge in [0.1, 0.15) is 5.75 Å². The number of alkyl halides is 3. The number of ether oxygens (including phenoxy) is 2. The Morgan fingerprint density at radius 3 is 2.62 bits per heavy atom. The summed E-state index contributed by atoms with van der Waals surface area (Å²) >= 11 is 0. The molecule has 1 aromatic carbocycles. The van der Waals surface area contributed by atoms with Crippen LogP contribution >= 0.6 is 0 Å². The van der Waals surface area contributed by atoms with E-state index in [9.17, 15) is 18.0 Å². The van der Waals surface area contributed by atoms with Crippen molar-refractivity contribution < 1.29 is 27.4 Å². The summed E-state index contributed by atoms with van der Waals surface area (Å²) in [6, 6.07) is 5.48. The molecule has 0 unspecified atom stereocenters. The van der Waals surface area contributed by atoms with E-state index in [1.54, 1.807) is 12.1 Å². The molecule has 8 heteroatoms. The van der Waals surface area contributed by atoms with Crippen LogP contribution in [0.3, 0.4) is 0 Å². The molecule has 132 valence electrons. The predicted octanol–water partition coefficient (Wildman–Crippen LogP) is 2.92. The molecular weight excluding hydrogens is 325 g/mol. The number of nitrogens with one attached hydrogen (secondary N) is 2. The third-order valence-electron chi connectivity index (χ3n) is 4.34. The minimum atomic E-state index is -4.73. The predicted molar refractivity (Wildman–Crippen MR) is 79.8 cm³/mol. The van der Waals surface area contributed by atoms with Gasteiger partial charge in [-0.1, -0.05) is 18.2 Å². The van der Waals surface area contributed by atoms with Crippen molar-refractivity contribution in [3.63, 3.8) is 0 Å². The van der Waals surface area contributed by atoms with Gasteiger partial charge < -0.3 is 20.1 Å². The molecule has 1 aliphatic heterocycles. The summed E-state index contributed by atoms with van der Waals surface area (Å²) in [4.78, 5) is 12.0. The fourth-order valence-corrected chi connectivity index (χ4v) is 3.00. The molecule has 2 N–H and O–H groups in total. The number of rotatable bonds is 4. The highest BCUT2D eigenvalue weighted by atomic mass is 19.4. The number of para-hydroxylation sites is 1. The Balaban J connectivity index is 1.56. The molecule has 0 bridgehead atoms. The molecule has 24 heavy (non-hydrogen) atoms. The maximum atomic E-state index is 12.5. The lowest BCUT2D eigenvalue weighted by Gasteiger charge is -2.17. The van der Waals surface area contributed by atoms with Gasteiger partial charge in [-0.25, -0.2) is 4.79 Å². The molecule has 2 aliphatic rings. The average molecular weight is 344 g/mol. The number of carbonyl (C=O) groups excluding carboxylic acids is 1. The zero-order valence-corrected chi connectivity index (χ0v) is 13.1. The van der Waals surface area contributed by atoms with Gasteiger partial charge >= 0.3 is 12.4 Å². The van der Waals surface area contributed by atoms with Crippen molar-refractivity contribution in [2.24, 2.45) is 0 Å². The Bertz CT molecular complexity index is 608. The van der Waals surface area contributed by atoms with Gasteiger partial charge in [0.2, 0.25) is 0 Å². The van der Waals surface area contributed by atoms with Gasteiger partial charge in [-0.15, -0.1) is 13.2 Å². The number of hydrogen-bond donors (Lipinski definition) is 2.